The van der Waals surface area contributed by atoms with Crippen LogP contribution in [0.2, 0.25) is 0 Å². The Bertz CT molecular complexity index is 696. The first-order valence-electron chi connectivity index (χ1n) is 7.91. The molecule has 2 aromatic heterocycles. The standard InChI is InChI=1S/C16H21N5S/c1-18-10-5-7-21(9-10)15-12-3-2-4-13-11(6-8-22-13)14(12)19-16(17)20-15/h6,8,10,18H,2-5,7,9H2,1H3,(H2,17,19,20)/t10-/m1/s1. The summed E-state index contributed by atoms with van der Waals surface area (Å²) < 4.78 is 0. The van der Waals surface area contributed by atoms with Crippen molar-refractivity contribution in [1.29, 1.82) is 0 Å². The molecule has 0 amide bonds. The van der Waals surface area contributed by atoms with Crippen LogP contribution in [0.5, 0.6) is 0 Å². The molecule has 2 aromatic rings. The highest BCUT2D eigenvalue weighted by Gasteiger charge is 2.28. The van der Waals surface area contributed by atoms with Crippen molar-refractivity contribution in [2.24, 2.45) is 0 Å². The van der Waals surface area contributed by atoms with Gasteiger partial charge in [-0.3, -0.25) is 0 Å². The molecule has 0 bridgehead atoms. The average Bonchev–Trinajstić information content (AvgIpc) is 3.14. The summed E-state index contributed by atoms with van der Waals surface area (Å²) in [6.45, 7) is 2.03. The molecule has 0 radical (unpaired) electrons. The molecule has 0 saturated carbocycles. The van der Waals surface area contributed by atoms with E-state index in [2.05, 4.69) is 31.6 Å². The minimum Gasteiger partial charge on any atom is -0.368 e. The molecular formula is C16H21N5S. The minimum absolute atomic E-state index is 0.390. The lowest BCUT2D eigenvalue weighted by Crippen LogP contribution is -2.30. The Labute approximate surface area is 134 Å². The molecule has 6 heteroatoms. The lowest BCUT2D eigenvalue weighted by Gasteiger charge is -2.22. The van der Waals surface area contributed by atoms with E-state index in [1.54, 1.807) is 0 Å². The monoisotopic (exact) mass is 315 g/mol. The molecule has 1 saturated heterocycles. The first-order valence-corrected chi connectivity index (χ1v) is 8.79. The van der Waals surface area contributed by atoms with Gasteiger partial charge in [0.05, 0.1) is 5.69 Å². The van der Waals surface area contributed by atoms with Gasteiger partial charge in [-0.25, -0.2) is 4.98 Å². The SMILES string of the molecule is CN[C@@H]1CCN(c2nc(N)nc3c2CCCc2sccc2-3)C1. The molecule has 5 nitrogen and oxygen atoms in total. The quantitative estimate of drug-likeness (QED) is 0.888. The molecule has 2 aliphatic rings. The van der Waals surface area contributed by atoms with Crippen molar-refractivity contribution >= 4 is 23.1 Å². The Balaban J connectivity index is 1.82. The molecule has 1 atom stereocenters. The van der Waals surface area contributed by atoms with E-state index < -0.39 is 0 Å². The Morgan fingerprint density at radius 1 is 1.36 bits per heavy atom. The zero-order valence-electron chi connectivity index (χ0n) is 12.8. The summed E-state index contributed by atoms with van der Waals surface area (Å²) in [6.07, 6.45) is 4.47. The van der Waals surface area contributed by atoms with Gasteiger partial charge in [0, 0.05) is 35.1 Å². The predicted octanol–water partition coefficient (Wildman–Crippen LogP) is 2.07. The third-order valence-corrected chi connectivity index (χ3v) is 5.71. The van der Waals surface area contributed by atoms with Crippen LogP contribution in [0.1, 0.15) is 23.3 Å². The average molecular weight is 315 g/mol. The Kier molecular flexibility index (Phi) is 3.50. The fourth-order valence-electron chi connectivity index (χ4n) is 3.56. The molecule has 1 aliphatic heterocycles. The first-order chi connectivity index (χ1) is 10.8. The van der Waals surface area contributed by atoms with Crippen molar-refractivity contribution in [2.75, 3.05) is 30.8 Å². The van der Waals surface area contributed by atoms with Gasteiger partial charge in [-0.2, -0.15) is 4.98 Å². The van der Waals surface area contributed by atoms with Gasteiger partial charge in [0.15, 0.2) is 0 Å². The Morgan fingerprint density at radius 3 is 3.09 bits per heavy atom. The second-order valence-corrected chi connectivity index (χ2v) is 7.06. The highest BCUT2D eigenvalue weighted by molar-refractivity contribution is 7.10. The van der Waals surface area contributed by atoms with Crippen LogP contribution < -0.4 is 16.0 Å². The van der Waals surface area contributed by atoms with Crippen molar-refractivity contribution in [3.05, 3.63) is 21.9 Å². The summed E-state index contributed by atoms with van der Waals surface area (Å²) in [5, 5.41) is 5.52. The van der Waals surface area contributed by atoms with Crippen LogP contribution in [-0.4, -0.2) is 36.1 Å². The van der Waals surface area contributed by atoms with Crippen LogP contribution in [0.3, 0.4) is 0 Å². The van der Waals surface area contributed by atoms with Gasteiger partial charge >= 0.3 is 0 Å². The Morgan fingerprint density at radius 2 is 2.27 bits per heavy atom. The highest BCUT2D eigenvalue weighted by atomic mass is 32.1. The van der Waals surface area contributed by atoms with Crippen LogP contribution in [0, 0.1) is 0 Å². The zero-order valence-corrected chi connectivity index (χ0v) is 13.6. The number of nitrogens with two attached hydrogens (primary N) is 1. The number of likely N-dealkylation sites (N-methyl/N-ethyl adjacent to an activating group) is 1. The Hall–Kier alpha value is -1.66. The van der Waals surface area contributed by atoms with Crippen molar-refractivity contribution in [3.63, 3.8) is 0 Å². The first kappa shape index (κ1) is 14.0. The molecule has 22 heavy (non-hydrogen) atoms. The molecule has 0 aromatic carbocycles. The van der Waals surface area contributed by atoms with Gasteiger partial charge in [-0.15, -0.1) is 11.3 Å². The second kappa shape index (κ2) is 5.52. The number of fused-ring (bicyclic) bond motifs is 3. The minimum atomic E-state index is 0.390. The smallest absolute Gasteiger partial charge is 0.222 e. The summed E-state index contributed by atoms with van der Waals surface area (Å²) in [5.41, 5.74) is 9.63. The summed E-state index contributed by atoms with van der Waals surface area (Å²) >= 11 is 1.83. The summed E-state index contributed by atoms with van der Waals surface area (Å²) in [4.78, 5) is 13.0. The number of thiophene rings is 1. The summed E-state index contributed by atoms with van der Waals surface area (Å²) in [6, 6.07) is 2.72. The third kappa shape index (κ3) is 2.27. The lowest BCUT2D eigenvalue weighted by molar-refractivity contribution is 0.616. The fraction of sp³-hybridized carbons (Fsp3) is 0.500. The largest absolute Gasteiger partial charge is 0.368 e. The molecule has 0 spiro atoms. The molecule has 3 heterocycles. The molecule has 116 valence electrons. The van der Waals surface area contributed by atoms with E-state index in [-0.39, 0.29) is 0 Å². The van der Waals surface area contributed by atoms with Crippen LogP contribution in [0.15, 0.2) is 11.4 Å². The van der Waals surface area contributed by atoms with Gasteiger partial charge in [0.1, 0.15) is 5.82 Å². The number of rotatable bonds is 2. The normalized spacial score (nSPS) is 20.6. The zero-order chi connectivity index (χ0) is 15.1. The van der Waals surface area contributed by atoms with Crippen molar-refractivity contribution in [1.82, 2.24) is 15.3 Å². The van der Waals surface area contributed by atoms with Gasteiger partial charge < -0.3 is 16.0 Å². The number of nitrogens with one attached hydrogen (secondary N) is 1. The third-order valence-electron chi connectivity index (χ3n) is 4.73. The van der Waals surface area contributed by atoms with Crippen LogP contribution in [0.25, 0.3) is 11.3 Å². The van der Waals surface area contributed by atoms with E-state index in [0.717, 1.165) is 50.3 Å². The van der Waals surface area contributed by atoms with E-state index in [0.29, 0.717) is 12.0 Å². The number of anilines is 2. The maximum absolute atomic E-state index is 6.03. The molecule has 4 rings (SSSR count). The van der Waals surface area contributed by atoms with Crippen molar-refractivity contribution in [2.45, 2.75) is 31.7 Å². The van der Waals surface area contributed by atoms with Crippen LogP contribution >= 0.6 is 11.3 Å². The van der Waals surface area contributed by atoms with Crippen LogP contribution in [-0.2, 0) is 12.8 Å². The molecule has 1 aliphatic carbocycles. The molecule has 3 N–H and O–H groups in total. The highest BCUT2D eigenvalue weighted by Crippen LogP contribution is 2.38. The van der Waals surface area contributed by atoms with E-state index in [1.165, 1.54) is 16.0 Å². The van der Waals surface area contributed by atoms with E-state index in [4.69, 9.17) is 5.73 Å². The molecular weight excluding hydrogens is 294 g/mol. The van der Waals surface area contributed by atoms with E-state index in [9.17, 15) is 0 Å². The van der Waals surface area contributed by atoms with Gasteiger partial charge in [-0.1, -0.05) is 0 Å². The van der Waals surface area contributed by atoms with Gasteiger partial charge in [0.25, 0.3) is 0 Å². The number of aromatic nitrogens is 2. The number of hydrogen-bond donors (Lipinski definition) is 2. The number of nitrogen functional groups attached to an aromatic ring is 1. The van der Waals surface area contributed by atoms with Crippen LogP contribution in [0.4, 0.5) is 11.8 Å². The van der Waals surface area contributed by atoms with E-state index in [1.807, 2.05) is 18.4 Å². The van der Waals surface area contributed by atoms with Gasteiger partial charge in [0.2, 0.25) is 5.95 Å². The number of hydrogen-bond acceptors (Lipinski definition) is 6. The maximum atomic E-state index is 6.03. The summed E-state index contributed by atoms with van der Waals surface area (Å²) in [5.74, 6) is 1.44. The lowest BCUT2D eigenvalue weighted by atomic mass is 10.1. The number of nitrogens with zero attached hydrogens (tertiary/aromatic N) is 3. The second-order valence-electron chi connectivity index (χ2n) is 6.06. The topological polar surface area (TPSA) is 67.1 Å². The van der Waals surface area contributed by atoms with Gasteiger partial charge in [-0.05, 0) is 44.2 Å². The number of aryl methyl sites for hydroxylation is 1. The predicted molar refractivity (Wildman–Crippen MR) is 91.5 cm³/mol. The maximum Gasteiger partial charge on any atom is 0.222 e. The fourth-order valence-corrected chi connectivity index (χ4v) is 4.48. The van der Waals surface area contributed by atoms with E-state index >= 15 is 0 Å². The molecule has 0 unspecified atom stereocenters. The molecule has 1 fully saturated rings. The van der Waals surface area contributed by atoms with Crippen molar-refractivity contribution in [3.8, 4) is 11.3 Å². The summed E-state index contributed by atoms with van der Waals surface area (Å²) in [7, 11) is 2.03. The van der Waals surface area contributed by atoms with Crippen molar-refractivity contribution < 1.29 is 0 Å².